The van der Waals surface area contributed by atoms with Crippen molar-refractivity contribution < 1.29 is 0 Å². The number of hydrogen-bond donors (Lipinski definition) is 0. The molecule has 1 heterocycles. The van der Waals surface area contributed by atoms with Gasteiger partial charge in [-0.1, -0.05) is 34.8 Å². The summed E-state index contributed by atoms with van der Waals surface area (Å²) in [4.78, 5) is 8.86. The second-order valence-corrected chi connectivity index (χ2v) is 6.43. The van der Waals surface area contributed by atoms with Crippen LogP contribution in [0.1, 0.15) is 24.5 Å². The van der Waals surface area contributed by atoms with E-state index in [1.54, 1.807) is 18.2 Å². The van der Waals surface area contributed by atoms with Gasteiger partial charge in [0.15, 0.2) is 5.82 Å². The van der Waals surface area contributed by atoms with Crippen molar-refractivity contribution in [2.45, 2.75) is 18.8 Å². The summed E-state index contributed by atoms with van der Waals surface area (Å²) in [6.07, 6.45) is 2.27. The maximum Gasteiger partial charge on any atom is 0.162 e. The van der Waals surface area contributed by atoms with Crippen molar-refractivity contribution in [2.24, 2.45) is 0 Å². The summed E-state index contributed by atoms with van der Waals surface area (Å²) < 4.78 is 0.776. The highest BCUT2D eigenvalue weighted by atomic mass is 79.9. The largest absolute Gasteiger partial charge is 0.231 e. The summed E-state index contributed by atoms with van der Waals surface area (Å²) in [5.41, 5.74) is 1.65. The first kappa shape index (κ1) is 13.6. The molecule has 0 unspecified atom stereocenters. The first-order valence-electron chi connectivity index (χ1n) is 5.74. The second kappa shape index (κ2) is 5.21. The average Bonchev–Trinajstić information content (AvgIpc) is 3.20. The van der Waals surface area contributed by atoms with E-state index in [1.165, 1.54) is 0 Å². The lowest BCUT2D eigenvalue weighted by atomic mass is 10.2. The van der Waals surface area contributed by atoms with Crippen molar-refractivity contribution >= 4 is 50.7 Å². The Balaban J connectivity index is 2.17. The molecule has 1 aliphatic carbocycles. The van der Waals surface area contributed by atoms with E-state index in [0.717, 1.165) is 23.0 Å². The van der Waals surface area contributed by atoms with Gasteiger partial charge >= 0.3 is 0 Å². The minimum absolute atomic E-state index is 0.406. The Morgan fingerprint density at radius 2 is 1.84 bits per heavy atom. The molecule has 0 radical (unpaired) electrons. The molecular weight excluding hydrogens is 370 g/mol. The molecule has 1 aromatic heterocycles. The number of aromatic nitrogens is 2. The molecule has 0 amide bonds. The molecule has 2 nitrogen and oxygen atoms in total. The minimum atomic E-state index is 0.406. The molecule has 0 spiro atoms. The summed E-state index contributed by atoms with van der Waals surface area (Å²) in [6, 6.07) is 5.21. The monoisotopic (exact) mass is 376 g/mol. The van der Waals surface area contributed by atoms with Gasteiger partial charge in [0, 0.05) is 16.5 Å². The van der Waals surface area contributed by atoms with Gasteiger partial charge < -0.3 is 0 Å². The molecule has 19 heavy (non-hydrogen) atoms. The summed E-state index contributed by atoms with van der Waals surface area (Å²) in [5.74, 6) is 0.981. The topological polar surface area (TPSA) is 25.8 Å². The second-order valence-electron chi connectivity index (χ2n) is 4.44. The number of benzene rings is 1. The number of halogens is 4. The van der Waals surface area contributed by atoms with Gasteiger partial charge in [0.1, 0.15) is 5.15 Å². The predicted molar refractivity (Wildman–Crippen MR) is 82.2 cm³/mol. The zero-order chi connectivity index (χ0) is 13.6. The fraction of sp³-hybridized carbons (Fsp3) is 0.231. The SMILES string of the molecule is Clc1ccc(Cl)c(-c2nc(Cl)c(Br)c(C3CC3)n2)c1. The molecular formula is C13H8BrCl3N2. The van der Waals surface area contributed by atoms with E-state index in [2.05, 4.69) is 25.9 Å². The summed E-state index contributed by atoms with van der Waals surface area (Å²) in [6.45, 7) is 0. The van der Waals surface area contributed by atoms with Crippen LogP contribution in [-0.2, 0) is 0 Å². The lowest BCUT2D eigenvalue weighted by Crippen LogP contribution is -1.97. The number of rotatable bonds is 2. The van der Waals surface area contributed by atoms with E-state index in [0.29, 0.717) is 32.5 Å². The highest BCUT2D eigenvalue weighted by Crippen LogP contribution is 2.44. The Morgan fingerprint density at radius 3 is 2.53 bits per heavy atom. The summed E-state index contributed by atoms with van der Waals surface area (Å²) in [7, 11) is 0. The maximum atomic E-state index is 6.18. The van der Waals surface area contributed by atoms with E-state index in [-0.39, 0.29) is 0 Å². The molecule has 2 aromatic rings. The molecule has 1 aromatic carbocycles. The van der Waals surface area contributed by atoms with Crippen LogP contribution in [0.25, 0.3) is 11.4 Å². The van der Waals surface area contributed by atoms with Gasteiger partial charge in [-0.3, -0.25) is 0 Å². The molecule has 0 saturated heterocycles. The molecule has 0 bridgehead atoms. The third-order valence-corrected chi connectivity index (χ3v) is 4.82. The van der Waals surface area contributed by atoms with Crippen LogP contribution in [0.4, 0.5) is 0 Å². The summed E-state index contributed by atoms with van der Waals surface area (Å²) in [5, 5.41) is 1.56. The van der Waals surface area contributed by atoms with Gasteiger partial charge in [0.2, 0.25) is 0 Å². The van der Waals surface area contributed by atoms with Crippen molar-refractivity contribution in [1.82, 2.24) is 9.97 Å². The normalized spacial score (nSPS) is 14.7. The third kappa shape index (κ3) is 2.75. The molecule has 1 saturated carbocycles. The Bertz CT molecular complexity index is 657. The Morgan fingerprint density at radius 1 is 1.11 bits per heavy atom. The molecule has 0 atom stereocenters. The molecule has 98 valence electrons. The van der Waals surface area contributed by atoms with Gasteiger partial charge in [-0.05, 0) is 47.0 Å². The van der Waals surface area contributed by atoms with Crippen LogP contribution in [0.2, 0.25) is 15.2 Å². The summed E-state index contributed by atoms with van der Waals surface area (Å²) >= 11 is 21.8. The average molecular weight is 378 g/mol. The molecule has 0 aliphatic heterocycles. The van der Waals surface area contributed by atoms with E-state index in [1.807, 2.05) is 0 Å². The highest BCUT2D eigenvalue weighted by molar-refractivity contribution is 9.10. The first-order chi connectivity index (χ1) is 9.06. The van der Waals surface area contributed by atoms with E-state index >= 15 is 0 Å². The Hall–Kier alpha value is -0.350. The van der Waals surface area contributed by atoms with E-state index in [4.69, 9.17) is 34.8 Å². The molecule has 1 aliphatic rings. The molecule has 6 heteroatoms. The van der Waals surface area contributed by atoms with Crippen molar-refractivity contribution in [3.05, 3.63) is 43.6 Å². The Labute approximate surface area is 134 Å². The van der Waals surface area contributed by atoms with Gasteiger partial charge in [-0.15, -0.1) is 0 Å². The number of nitrogens with zero attached hydrogens (tertiary/aromatic N) is 2. The standard InChI is InChI=1S/C13H8BrCl3N2/c14-10-11(6-1-2-6)18-13(19-12(10)17)8-5-7(15)3-4-9(8)16/h3-6H,1-2H2. The van der Waals surface area contributed by atoms with Crippen LogP contribution in [0.15, 0.2) is 22.7 Å². The van der Waals surface area contributed by atoms with Crippen molar-refractivity contribution in [3.63, 3.8) is 0 Å². The van der Waals surface area contributed by atoms with Gasteiger partial charge in [-0.25, -0.2) is 9.97 Å². The van der Waals surface area contributed by atoms with Gasteiger partial charge in [-0.2, -0.15) is 0 Å². The van der Waals surface area contributed by atoms with Crippen LogP contribution >= 0.6 is 50.7 Å². The smallest absolute Gasteiger partial charge is 0.162 e. The fourth-order valence-electron chi connectivity index (χ4n) is 1.85. The van der Waals surface area contributed by atoms with E-state index < -0.39 is 0 Å². The molecule has 3 rings (SSSR count). The molecule has 1 fully saturated rings. The predicted octanol–water partition coefficient (Wildman–Crippen LogP) is 5.74. The van der Waals surface area contributed by atoms with Crippen LogP contribution in [0.5, 0.6) is 0 Å². The van der Waals surface area contributed by atoms with Crippen molar-refractivity contribution in [1.29, 1.82) is 0 Å². The lowest BCUT2D eigenvalue weighted by molar-refractivity contribution is 0.980. The zero-order valence-corrected chi connectivity index (χ0v) is 13.5. The van der Waals surface area contributed by atoms with E-state index in [9.17, 15) is 0 Å². The van der Waals surface area contributed by atoms with Crippen molar-refractivity contribution in [2.75, 3.05) is 0 Å². The zero-order valence-electron chi connectivity index (χ0n) is 9.63. The third-order valence-electron chi connectivity index (χ3n) is 2.97. The highest BCUT2D eigenvalue weighted by Gasteiger charge is 2.29. The number of hydrogen-bond acceptors (Lipinski definition) is 2. The van der Waals surface area contributed by atoms with Crippen LogP contribution < -0.4 is 0 Å². The van der Waals surface area contributed by atoms with Crippen LogP contribution in [0, 0.1) is 0 Å². The fourth-order valence-corrected chi connectivity index (χ4v) is 2.90. The maximum absolute atomic E-state index is 6.18. The lowest BCUT2D eigenvalue weighted by Gasteiger charge is -2.09. The van der Waals surface area contributed by atoms with Crippen LogP contribution in [0.3, 0.4) is 0 Å². The quantitative estimate of drug-likeness (QED) is 0.623. The van der Waals surface area contributed by atoms with Gasteiger partial charge in [0.25, 0.3) is 0 Å². The van der Waals surface area contributed by atoms with Crippen molar-refractivity contribution in [3.8, 4) is 11.4 Å². The minimum Gasteiger partial charge on any atom is -0.231 e. The first-order valence-corrected chi connectivity index (χ1v) is 7.67. The molecule has 0 N–H and O–H groups in total. The van der Waals surface area contributed by atoms with Crippen LogP contribution in [-0.4, -0.2) is 9.97 Å². The van der Waals surface area contributed by atoms with Gasteiger partial charge in [0.05, 0.1) is 15.2 Å². The Kier molecular flexibility index (Phi) is 3.73.